The number of piperidine rings is 1. The van der Waals surface area contributed by atoms with Gasteiger partial charge in [-0.2, -0.15) is 0 Å². The van der Waals surface area contributed by atoms with E-state index in [1.807, 2.05) is 0 Å². The second-order valence-electron chi connectivity index (χ2n) is 5.06. The largest absolute Gasteiger partial charge is 0.356 e. The lowest BCUT2D eigenvalue weighted by atomic mass is 9.95. The van der Waals surface area contributed by atoms with Gasteiger partial charge in [0.05, 0.1) is 4.92 Å². The fourth-order valence-corrected chi connectivity index (χ4v) is 2.65. The molecule has 0 aliphatic carbocycles. The lowest BCUT2D eigenvalue weighted by molar-refractivity contribution is -0.385. The van der Waals surface area contributed by atoms with E-state index in [-0.39, 0.29) is 10.6 Å². The molecule has 1 unspecified atom stereocenters. The average Bonchev–Trinajstić information content (AvgIpc) is 2.39. The molecule has 2 rings (SSSR count). The normalized spacial score (nSPS) is 19.5. The van der Waals surface area contributed by atoms with E-state index < -0.39 is 0 Å². The Labute approximate surface area is 112 Å². The van der Waals surface area contributed by atoms with Gasteiger partial charge in [-0.05, 0) is 44.7 Å². The Morgan fingerprint density at radius 3 is 3.00 bits per heavy atom. The van der Waals surface area contributed by atoms with E-state index in [0.29, 0.717) is 18.2 Å². The van der Waals surface area contributed by atoms with Crippen LogP contribution in [-0.2, 0) is 0 Å². The van der Waals surface area contributed by atoms with Crippen molar-refractivity contribution in [2.24, 2.45) is 11.7 Å². The molecule has 2 heterocycles. The number of nitro groups is 1. The average molecular weight is 264 g/mol. The van der Waals surface area contributed by atoms with Crippen molar-refractivity contribution in [1.29, 1.82) is 0 Å². The number of anilines is 1. The molecule has 1 saturated heterocycles. The summed E-state index contributed by atoms with van der Waals surface area (Å²) >= 11 is 0. The predicted molar refractivity (Wildman–Crippen MR) is 74.2 cm³/mol. The number of aryl methyl sites for hydroxylation is 1. The van der Waals surface area contributed by atoms with Crippen LogP contribution in [0.3, 0.4) is 0 Å². The van der Waals surface area contributed by atoms with E-state index in [1.54, 1.807) is 19.1 Å². The molecule has 0 aromatic carbocycles. The van der Waals surface area contributed by atoms with Crippen molar-refractivity contribution in [1.82, 2.24) is 4.98 Å². The van der Waals surface area contributed by atoms with Crippen LogP contribution in [0.25, 0.3) is 0 Å². The summed E-state index contributed by atoms with van der Waals surface area (Å²) in [7, 11) is 0. The van der Waals surface area contributed by atoms with Crippen LogP contribution in [0.1, 0.15) is 25.0 Å². The molecular weight excluding hydrogens is 244 g/mol. The van der Waals surface area contributed by atoms with Gasteiger partial charge in [-0.3, -0.25) is 10.1 Å². The van der Waals surface area contributed by atoms with E-state index in [0.717, 1.165) is 31.7 Å². The lowest BCUT2D eigenvalue weighted by Crippen LogP contribution is -2.36. The number of aromatic nitrogens is 1. The highest BCUT2D eigenvalue weighted by molar-refractivity contribution is 5.47. The second kappa shape index (κ2) is 5.97. The smallest absolute Gasteiger partial charge is 0.290 e. The second-order valence-corrected chi connectivity index (χ2v) is 5.06. The lowest BCUT2D eigenvalue weighted by Gasteiger charge is -2.33. The number of hydrogen-bond acceptors (Lipinski definition) is 5. The SMILES string of the molecule is Cc1nc(N2CCCC(CCN)C2)ccc1[N+](=O)[O-]. The van der Waals surface area contributed by atoms with Crippen LogP contribution >= 0.6 is 0 Å². The quantitative estimate of drug-likeness (QED) is 0.662. The summed E-state index contributed by atoms with van der Waals surface area (Å²) in [5.74, 6) is 1.45. The maximum Gasteiger partial charge on any atom is 0.290 e. The standard InChI is InChI=1S/C13H20N4O2/c1-10-12(17(18)19)4-5-13(15-10)16-8-2-3-11(9-16)6-7-14/h4-5,11H,2-3,6-9,14H2,1H3. The number of nitrogens with two attached hydrogens (primary N) is 1. The minimum atomic E-state index is -0.389. The molecule has 0 saturated carbocycles. The molecule has 1 aliphatic rings. The highest BCUT2D eigenvalue weighted by atomic mass is 16.6. The van der Waals surface area contributed by atoms with Crippen LogP contribution in [0.2, 0.25) is 0 Å². The molecule has 1 aromatic rings. The minimum Gasteiger partial charge on any atom is -0.356 e. The van der Waals surface area contributed by atoms with Crippen LogP contribution in [0.4, 0.5) is 11.5 Å². The molecule has 6 heteroatoms. The van der Waals surface area contributed by atoms with Crippen molar-refractivity contribution in [2.75, 3.05) is 24.5 Å². The maximum absolute atomic E-state index is 10.8. The van der Waals surface area contributed by atoms with Gasteiger partial charge in [0.15, 0.2) is 0 Å². The van der Waals surface area contributed by atoms with Crippen molar-refractivity contribution < 1.29 is 4.92 Å². The zero-order chi connectivity index (χ0) is 13.8. The van der Waals surface area contributed by atoms with Gasteiger partial charge in [-0.15, -0.1) is 0 Å². The number of pyridine rings is 1. The molecule has 104 valence electrons. The predicted octanol–water partition coefficient (Wildman–Crippen LogP) is 1.86. The topological polar surface area (TPSA) is 85.3 Å². The van der Waals surface area contributed by atoms with Crippen molar-refractivity contribution >= 4 is 11.5 Å². The first-order chi connectivity index (χ1) is 9.11. The van der Waals surface area contributed by atoms with Crippen LogP contribution in [0, 0.1) is 23.0 Å². The summed E-state index contributed by atoms with van der Waals surface area (Å²) in [4.78, 5) is 17.0. The van der Waals surface area contributed by atoms with Gasteiger partial charge in [0.2, 0.25) is 0 Å². The minimum absolute atomic E-state index is 0.0827. The Balaban J connectivity index is 2.13. The number of rotatable bonds is 4. The fraction of sp³-hybridized carbons (Fsp3) is 0.615. The van der Waals surface area contributed by atoms with E-state index >= 15 is 0 Å². The molecule has 0 amide bonds. The molecule has 1 atom stereocenters. The summed E-state index contributed by atoms with van der Waals surface area (Å²) in [5, 5.41) is 10.8. The molecule has 1 fully saturated rings. The first kappa shape index (κ1) is 13.7. The molecule has 2 N–H and O–H groups in total. The molecule has 6 nitrogen and oxygen atoms in total. The van der Waals surface area contributed by atoms with E-state index in [2.05, 4.69) is 9.88 Å². The van der Waals surface area contributed by atoms with Crippen molar-refractivity contribution in [3.63, 3.8) is 0 Å². The molecule has 0 spiro atoms. The zero-order valence-corrected chi connectivity index (χ0v) is 11.2. The molecular formula is C13H20N4O2. The summed E-state index contributed by atoms with van der Waals surface area (Å²) in [5.41, 5.74) is 6.17. The van der Waals surface area contributed by atoms with Gasteiger partial charge in [-0.1, -0.05) is 0 Å². The molecule has 1 aromatic heterocycles. The Kier molecular flexibility index (Phi) is 4.31. The summed E-state index contributed by atoms with van der Waals surface area (Å²) < 4.78 is 0. The summed E-state index contributed by atoms with van der Waals surface area (Å²) in [6.45, 7) is 4.31. The molecule has 1 aliphatic heterocycles. The number of hydrogen-bond donors (Lipinski definition) is 1. The van der Waals surface area contributed by atoms with Gasteiger partial charge in [0.25, 0.3) is 5.69 Å². The van der Waals surface area contributed by atoms with Crippen molar-refractivity contribution in [3.05, 3.63) is 27.9 Å². The van der Waals surface area contributed by atoms with Crippen LogP contribution < -0.4 is 10.6 Å². The van der Waals surface area contributed by atoms with Crippen LogP contribution in [-0.4, -0.2) is 29.5 Å². The first-order valence-corrected chi connectivity index (χ1v) is 6.69. The van der Waals surface area contributed by atoms with E-state index in [1.165, 1.54) is 6.42 Å². The third-order valence-corrected chi connectivity index (χ3v) is 3.66. The third-order valence-electron chi connectivity index (χ3n) is 3.66. The Morgan fingerprint density at radius 1 is 1.58 bits per heavy atom. The summed E-state index contributed by atoms with van der Waals surface area (Å²) in [6, 6.07) is 3.29. The van der Waals surface area contributed by atoms with E-state index in [4.69, 9.17) is 5.73 Å². The molecule has 0 bridgehead atoms. The van der Waals surface area contributed by atoms with Crippen LogP contribution in [0.5, 0.6) is 0 Å². The summed E-state index contributed by atoms with van der Waals surface area (Å²) in [6.07, 6.45) is 3.37. The Bertz CT molecular complexity index is 462. The van der Waals surface area contributed by atoms with Gasteiger partial charge >= 0.3 is 0 Å². The fourth-order valence-electron chi connectivity index (χ4n) is 2.65. The Morgan fingerprint density at radius 2 is 2.37 bits per heavy atom. The van der Waals surface area contributed by atoms with Crippen LogP contribution in [0.15, 0.2) is 12.1 Å². The van der Waals surface area contributed by atoms with Crippen molar-refractivity contribution in [3.8, 4) is 0 Å². The number of nitrogens with zero attached hydrogens (tertiary/aromatic N) is 3. The monoisotopic (exact) mass is 264 g/mol. The van der Waals surface area contributed by atoms with Gasteiger partial charge in [0.1, 0.15) is 11.5 Å². The Hall–Kier alpha value is -1.69. The van der Waals surface area contributed by atoms with Gasteiger partial charge in [0, 0.05) is 19.2 Å². The zero-order valence-electron chi connectivity index (χ0n) is 11.2. The molecule has 19 heavy (non-hydrogen) atoms. The highest BCUT2D eigenvalue weighted by Crippen LogP contribution is 2.26. The maximum atomic E-state index is 10.8. The third kappa shape index (κ3) is 3.20. The highest BCUT2D eigenvalue weighted by Gasteiger charge is 2.21. The van der Waals surface area contributed by atoms with Gasteiger partial charge in [-0.25, -0.2) is 4.98 Å². The first-order valence-electron chi connectivity index (χ1n) is 6.69. The van der Waals surface area contributed by atoms with E-state index in [9.17, 15) is 10.1 Å². The molecule has 0 radical (unpaired) electrons. The van der Waals surface area contributed by atoms with Crippen molar-refractivity contribution in [2.45, 2.75) is 26.2 Å². The van der Waals surface area contributed by atoms with Gasteiger partial charge < -0.3 is 10.6 Å².